The first-order valence-corrected chi connectivity index (χ1v) is 8.40. The van der Waals surface area contributed by atoms with Crippen LogP contribution in [0.3, 0.4) is 0 Å². The molecule has 0 saturated carbocycles. The molecular weight excluding hydrogens is 292 g/mol. The van der Waals surface area contributed by atoms with Gasteiger partial charge < -0.3 is 15.2 Å². The molecule has 1 aromatic rings. The van der Waals surface area contributed by atoms with Gasteiger partial charge in [0.2, 0.25) is 10.0 Å². The average Bonchev–Trinajstić information content (AvgIpc) is 2.48. The minimum Gasteiger partial charge on any atom is -0.494 e. The second kappa shape index (κ2) is 8.33. The lowest BCUT2D eigenvalue weighted by atomic mass is 10.2. The maximum atomic E-state index is 12.6. The number of methoxy groups -OCH3 is 1. The van der Waals surface area contributed by atoms with Crippen LogP contribution >= 0.6 is 0 Å². The molecule has 0 spiro atoms. The van der Waals surface area contributed by atoms with Crippen LogP contribution < -0.4 is 10.5 Å². The zero-order chi connectivity index (χ0) is 15.9. The molecule has 0 radical (unpaired) electrons. The summed E-state index contributed by atoms with van der Waals surface area (Å²) in [6.07, 6.45) is 0. The summed E-state index contributed by atoms with van der Waals surface area (Å²) < 4.78 is 37.0. The fourth-order valence-electron chi connectivity index (χ4n) is 1.96. The molecule has 0 atom stereocenters. The topological polar surface area (TPSA) is 81.9 Å². The van der Waals surface area contributed by atoms with E-state index in [0.29, 0.717) is 37.6 Å². The lowest BCUT2D eigenvalue weighted by Crippen LogP contribution is -2.33. The number of rotatable bonds is 9. The van der Waals surface area contributed by atoms with E-state index in [0.717, 1.165) is 0 Å². The van der Waals surface area contributed by atoms with Gasteiger partial charge in [-0.1, -0.05) is 6.92 Å². The molecule has 0 fully saturated rings. The largest absolute Gasteiger partial charge is 0.494 e. The van der Waals surface area contributed by atoms with Crippen LogP contribution in [-0.4, -0.2) is 46.1 Å². The smallest absolute Gasteiger partial charge is 0.243 e. The van der Waals surface area contributed by atoms with Gasteiger partial charge >= 0.3 is 0 Å². The van der Waals surface area contributed by atoms with Crippen molar-refractivity contribution in [2.75, 3.05) is 33.4 Å². The van der Waals surface area contributed by atoms with Crippen molar-refractivity contribution in [1.29, 1.82) is 0 Å². The minimum absolute atomic E-state index is 0.225. The third-order valence-electron chi connectivity index (χ3n) is 3.09. The molecule has 6 nitrogen and oxygen atoms in total. The summed E-state index contributed by atoms with van der Waals surface area (Å²) in [5.74, 6) is 0.624. The molecule has 0 aromatic heterocycles. The van der Waals surface area contributed by atoms with E-state index in [2.05, 4.69) is 0 Å². The molecule has 1 aromatic carbocycles. The Hall–Kier alpha value is -1.15. The Kier molecular flexibility index (Phi) is 7.10. The van der Waals surface area contributed by atoms with Gasteiger partial charge in [-0.2, -0.15) is 4.31 Å². The molecule has 0 bridgehead atoms. The van der Waals surface area contributed by atoms with E-state index >= 15 is 0 Å². The molecule has 120 valence electrons. The standard InChI is InChI=1S/C14H24N2O4S/c1-4-16(8-9-19-3)21(17,18)13-6-7-14(20-5-2)12(10-13)11-15/h6-7,10H,4-5,8-9,11,15H2,1-3H3. The number of sulfonamides is 1. The van der Waals surface area contributed by atoms with E-state index in [1.807, 2.05) is 6.92 Å². The van der Waals surface area contributed by atoms with E-state index in [9.17, 15) is 8.42 Å². The van der Waals surface area contributed by atoms with Crippen LogP contribution in [0.4, 0.5) is 0 Å². The monoisotopic (exact) mass is 316 g/mol. The van der Waals surface area contributed by atoms with Gasteiger partial charge in [-0.05, 0) is 25.1 Å². The Balaban J connectivity index is 3.12. The minimum atomic E-state index is -3.55. The molecule has 7 heteroatoms. The van der Waals surface area contributed by atoms with Gasteiger partial charge in [0, 0.05) is 32.3 Å². The van der Waals surface area contributed by atoms with Crippen LogP contribution in [0.15, 0.2) is 23.1 Å². The summed E-state index contributed by atoms with van der Waals surface area (Å²) in [5, 5.41) is 0. The van der Waals surface area contributed by atoms with Crippen LogP contribution in [0.25, 0.3) is 0 Å². The number of benzene rings is 1. The number of hydrogen-bond donors (Lipinski definition) is 1. The molecule has 21 heavy (non-hydrogen) atoms. The second-order valence-electron chi connectivity index (χ2n) is 4.40. The van der Waals surface area contributed by atoms with Crippen molar-refractivity contribution in [2.24, 2.45) is 5.73 Å². The lowest BCUT2D eigenvalue weighted by molar-refractivity contribution is 0.180. The quantitative estimate of drug-likeness (QED) is 0.740. The number of likely N-dealkylation sites (N-methyl/N-ethyl adjacent to an activating group) is 1. The van der Waals surface area contributed by atoms with Crippen molar-refractivity contribution in [2.45, 2.75) is 25.3 Å². The second-order valence-corrected chi connectivity index (χ2v) is 6.33. The Morgan fingerprint density at radius 3 is 2.52 bits per heavy atom. The molecule has 1 rings (SSSR count). The highest BCUT2D eigenvalue weighted by molar-refractivity contribution is 7.89. The van der Waals surface area contributed by atoms with Crippen LogP contribution in [0.2, 0.25) is 0 Å². The highest BCUT2D eigenvalue weighted by Gasteiger charge is 2.23. The van der Waals surface area contributed by atoms with Gasteiger partial charge in [0.25, 0.3) is 0 Å². The zero-order valence-electron chi connectivity index (χ0n) is 12.8. The maximum Gasteiger partial charge on any atom is 0.243 e. The number of hydrogen-bond acceptors (Lipinski definition) is 5. The van der Waals surface area contributed by atoms with Gasteiger partial charge in [-0.15, -0.1) is 0 Å². The molecule has 0 amide bonds. The summed E-state index contributed by atoms with van der Waals surface area (Å²) in [6.45, 7) is 5.46. The van der Waals surface area contributed by atoms with E-state index in [1.165, 1.54) is 4.31 Å². The SMILES string of the molecule is CCOc1ccc(S(=O)(=O)N(CC)CCOC)cc1CN. The van der Waals surface area contributed by atoms with Crippen molar-refractivity contribution in [1.82, 2.24) is 4.31 Å². The van der Waals surface area contributed by atoms with Gasteiger partial charge in [0.15, 0.2) is 0 Å². The third-order valence-corrected chi connectivity index (χ3v) is 5.06. The molecule has 0 unspecified atom stereocenters. The summed E-state index contributed by atoms with van der Waals surface area (Å²) in [5.41, 5.74) is 6.35. The summed E-state index contributed by atoms with van der Waals surface area (Å²) in [7, 11) is -2.00. The summed E-state index contributed by atoms with van der Waals surface area (Å²) in [4.78, 5) is 0.226. The van der Waals surface area contributed by atoms with E-state index < -0.39 is 10.0 Å². The van der Waals surface area contributed by atoms with Crippen LogP contribution in [-0.2, 0) is 21.3 Å². The van der Waals surface area contributed by atoms with Crippen molar-refractivity contribution in [3.8, 4) is 5.75 Å². The molecule has 0 aliphatic heterocycles. The Morgan fingerprint density at radius 1 is 1.29 bits per heavy atom. The highest BCUT2D eigenvalue weighted by Crippen LogP contribution is 2.24. The fourth-order valence-corrected chi connectivity index (χ4v) is 3.45. The summed E-state index contributed by atoms with van der Waals surface area (Å²) >= 11 is 0. The first kappa shape index (κ1) is 17.9. The molecule has 0 heterocycles. The Bertz CT molecular complexity index is 546. The maximum absolute atomic E-state index is 12.6. The Labute approximate surface area is 126 Å². The molecular formula is C14H24N2O4S. The van der Waals surface area contributed by atoms with Crippen molar-refractivity contribution in [3.63, 3.8) is 0 Å². The first-order valence-electron chi connectivity index (χ1n) is 6.96. The van der Waals surface area contributed by atoms with Gasteiger partial charge in [0.05, 0.1) is 18.1 Å². The van der Waals surface area contributed by atoms with E-state index in [1.54, 1.807) is 32.2 Å². The third kappa shape index (κ3) is 4.41. The van der Waals surface area contributed by atoms with Gasteiger partial charge in [-0.3, -0.25) is 0 Å². The lowest BCUT2D eigenvalue weighted by Gasteiger charge is -2.21. The fraction of sp³-hybridized carbons (Fsp3) is 0.571. The van der Waals surface area contributed by atoms with Crippen molar-refractivity contribution in [3.05, 3.63) is 23.8 Å². The predicted molar refractivity (Wildman–Crippen MR) is 81.8 cm³/mol. The van der Waals surface area contributed by atoms with Gasteiger partial charge in [-0.25, -0.2) is 8.42 Å². The first-order chi connectivity index (χ1) is 10.0. The van der Waals surface area contributed by atoms with Crippen LogP contribution in [0.5, 0.6) is 5.75 Å². The molecule has 0 aliphatic rings. The van der Waals surface area contributed by atoms with Crippen LogP contribution in [0.1, 0.15) is 19.4 Å². The Morgan fingerprint density at radius 2 is 2.00 bits per heavy atom. The molecule has 2 N–H and O–H groups in total. The highest BCUT2D eigenvalue weighted by atomic mass is 32.2. The van der Waals surface area contributed by atoms with Crippen LogP contribution in [0, 0.1) is 0 Å². The number of nitrogens with two attached hydrogens (primary N) is 1. The van der Waals surface area contributed by atoms with Gasteiger partial charge in [0.1, 0.15) is 5.75 Å². The molecule has 0 aliphatic carbocycles. The zero-order valence-corrected chi connectivity index (χ0v) is 13.6. The summed E-state index contributed by atoms with van der Waals surface area (Å²) in [6, 6.07) is 4.79. The predicted octanol–water partition coefficient (Wildman–Crippen LogP) is 1.20. The number of nitrogens with zero attached hydrogens (tertiary/aromatic N) is 1. The number of ether oxygens (including phenoxy) is 2. The van der Waals surface area contributed by atoms with E-state index in [-0.39, 0.29) is 11.4 Å². The average molecular weight is 316 g/mol. The van der Waals surface area contributed by atoms with Crippen molar-refractivity contribution < 1.29 is 17.9 Å². The van der Waals surface area contributed by atoms with Crippen molar-refractivity contribution >= 4 is 10.0 Å². The normalized spacial score (nSPS) is 11.9. The molecule has 0 saturated heterocycles. The van der Waals surface area contributed by atoms with E-state index in [4.69, 9.17) is 15.2 Å².